The number of hydrogen-bond acceptors (Lipinski definition) is 3. The zero-order valence-corrected chi connectivity index (χ0v) is 11.6. The van der Waals surface area contributed by atoms with Crippen molar-refractivity contribution in [2.24, 2.45) is 7.05 Å². The number of nitriles is 1. The molecule has 0 saturated heterocycles. The molecule has 0 amide bonds. The first kappa shape index (κ1) is 12.7. The van der Waals surface area contributed by atoms with Crippen LogP contribution < -0.4 is 5.32 Å². The first-order chi connectivity index (χ1) is 8.67. The van der Waals surface area contributed by atoms with Crippen molar-refractivity contribution in [2.75, 3.05) is 11.9 Å². The van der Waals surface area contributed by atoms with E-state index in [0.29, 0.717) is 5.56 Å². The molecule has 1 N–H and O–H groups in total. The van der Waals surface area contributed by atoms with Crippen LogP contribution in [0.15, 0.2) is 34.9 Å². The van der Waals surface area contributed by atoms with Crippen LogP contribution in [0, 0.1) is 11.3 Å². The predicted octanol–water partition coefficient (Wildman–Crippen LogP) is 2.71. The van der Waals surface area contributed by atoms with Crippen molar-refractivity contribution in [3.05, 3.63) is 46.2 Å². The largest absolute Gasteiger partial charge is 0.385 e. The van der Waals surface area contributed by atoms with Crippen LogP contribution in [-0.2, 0) is 13.5 Å². The van der Waals surface area contributed by atoms with Crippen molar-refractivity contribution in [1.29, 1.82) is 5.26 Å². The molecule has 2 rings (SSSR count). The molecule has 1 aromatic heterocycles. The molecule has 0 radical (unpaired) electrons. The quantitative estimate of drug-likeness (QED) is 0.945. The molecule has 0 saturated carbocycles. The van der Waals surface area contributed by atoms with Gasteiger partial charge in [-0.2, -0.15) is 10.4 Å². The summed E-state index contributed by atoms with van der Waals surface area (Å²) in [6, 6.07) is 9.73. The van der Waals surface area contributed by atoms with E-state index in [-0.39, 0.29) is 0 Å². The number of anilines is 1. The molecule has 0 bridgehead atoms. The third-order valence-electron chi connectivity index (χ3n) is 2.51. The number of aryl methyl sites for hydroxylation is 1. The topological polar surface area (TPSA) is 53.6 Å². The van der Waals surface area contributed by atoms with Crippen LogP contribution in [0.4, 0.5) is 5.69 Å². The molecular weight excluding hydrogens is 292 g/mol. The van der Waals surface area contributed by atoms with E-state index in [1.54, 1.807) is 10.7 Å². The van der Waals surface area contributed by atoms with Gasteiger partial charge in [0.05, 0.1) is 17.3 Å². The van der Waals surface area contributed by atoms with Gasteiger partial charge >= 0.3 is 0 Å². The second kappa shape index (κ2) is 5.69. The average Bonchev–Trinajstić information content (AvgIpc) is 2.74. The maximum Gasteiger partial charge on any atom is 0.0992 e. The molecule has 2 aromatic rings. The molecule has 5 heteroatoms. The highest BCUT2D eigenvalue weighted by Crippen LogP contribution is 2.19. The van der Waals surface area contributed by atoms with Crippen molar-refractivity contribution < 1.29 is 0 Å². The number of rotatable bonds is 4. The first-order valence-corrected chi connectivity index (χ1v) is 6.40. The first-order valence-electron chi connectivity index (χ1n) is 5.60. The molecule has 0 unspecified atom stereocenters. The fraction of sp³-hybridized carbons (Fsp3) is 0.231. The van der Waals surface area contributed by atoms with E-state index in [1.807, 2.05) is 31.4 Å². The summed E-state index contributed by atoms with van der Waals surface area (Å²) in [6.45, 7) is 0.790. The molecule has 0 aliphatic carbocycles. The lowest BCUT2D eigenvalue weighted by molar-refractivity contribution is 0.742. The van der Waals surface area contributed by atoms with Crippen molar-refractivity contribution in [3.8, 4) is 6.07 Å². The van der Waals surface area contributed by atoms with Crippen LogP contribution in [0.5, 0.6) is 0 Å². The summed E-state index contributed by atoms with van der Waals surface area (Å²) in [6.07, 6.45) is 2.79. The van der Waals surface area contributed by atoms with Crippen molar-refractivity contribution in [2.45, 2.75) is 6.42 Å². The fourth-order valence-electron chi connectivity index (χ4n) is 1.69. The molecule has 1 aromatic carbocycles. The molecule has 18 heavy (non-hydrogen) atoms. The molecule has 0 fully saturated rings. The van der Waals surface area contributed by atoms with Gasteiger partial charge in [-0.05, 0) is 24.3 Å². The second-order valence-corrected chi connectivity index (χ2v) is 4.91. The SMILES string of the molecule is Cn1ccc(CCNc2cc(Br)cc(C#N)c2)n1. The van der Waals surface area contributed by atoms with Crippen LogP contribution in [0.1, 0.15) is 11.3 Å². The third-order valence-corrected chi connectivity index (χ3v) is 2.96. The molecule has 92 valence electrons. The zero-order chi connectivity index (χ0) is 13.0. The van der Waals surface area contributed by atoms with Gasteiger partial charge in [0, 0.05) is 36.4 Å². The minimum Gasteiger partial charge on any atom is -0.385 e. The number of nitrogens with one attached hydrogen (secondary N) is 1. The highest BCUT2D eigenvalue weighted by molar-refractivity contribution is 9.10. The normalized spacial score (nSPS) is 10.1. The monoisotopic (exact) mass is 304 g/mol. The number of benzene rings is 1. The summed E-state index contributed by atoms with van der Waals surface area (Å²) in [7, 11) is 1.91. The smallest absolute Gasteiger partial charge is 0.0992 e. The van der Waals surface area contributed by atoms with Crippen LogP contribution in [0.25, 0.3) is 0 Å². The lowest BCUT2D eigenvalue weighted by Gasteiger charge is -2.06. The molecular formula is C13H13BrN4. The average molecular weight is 305 g/mol. The standard InChI is InChI=1S/C13H13BrN4/c1-18-5-3-12(17-18)2-4-16-13-7-10(9-15)6-11(14)8-13/h3,5-8,16H,2,4H2,1H3. The Bertz CT molecular complexity index is 583. The number of aromatic nitrogens is 2. The Morgan fingerprint density at radius 3 is 2.94 bits per heavy atom. The lowest BCUT2D eigenvalue weighted by atomic mass is 10.2. The molecule has 0 aliphatic rings. The van der Waals surface area contributed by atoms with E-state index in [9.17, 15) is 0 Å². The van der Waals surface area contributed by atoms with E-state index in [2.05, 4.69) is 32.4 Å². The summed E-state index contributed by atoms with van der Waals surface area (Å²) in [4.78, 5) is 0. The van der Waals surface area contributed by atoms with Crippen molar-refractivity contribution in [3.63, 3.8) is 0 Å². The van der Waals surface area contributed by atoms with Gasteiger partial charge in [-0.15, -0.1) is 0 Å². The van der Waals surface area contributed by atoms with Gasteiger partial charge < -0.3 is 5.32 Å². The van der Waals surface area contributed by atoms with Gasteiger partial charge in [0.2, 0.25) is 0 Å². The Morgan fingerprint density at radius 1 is 1.44 bits per heavy atom. The molecule has 1 heterocycles. The van der Waals surface area contributed by atoms with Gasteiger partial charge in [0.25, 0.3) is 0 Å². The lowest BCUT2D eigenvalue weighted by Crippen LogP contribution is -2.05. The summed E-state index contributed by atoms with van der Waals surface area (Å²) in [5.74, 6) is 0. The van der Waals surface area contributed by atoms with Crippen molar-refractivity contribution in [1.82, 2.24) is 9.78 Å². The molecule has 0 atom stereocenters. The predicted molar refractivity (Wildman–Crippen MR) is 74.3 cm³/mol. The van der Waals surface area contributed by atoms with Crippen molar-refractivity contribution >= 4 is 21.6 Å². The van der Waals surface area contributed by atoms with E-state index >= 15 is 0 Å². The summed E-state index contributed by atoms with van der Waals surface area (Å²) in [5.41, 5.74) is 2.64. The number of hydrogen-bond donors (Lipinski definition) is 1. The summed E-state index contributed by atoms with van der Waals surface area (Å²) in [5, 5.41) is 16.5. The highest BCUT2D eigenvalue weighted by atomic mass is 79.9. The van der Waals surface area contributed by atoms with Gasteiger partial charge in [0.1, 0.15) is 0 Å². The third kappa shape index (κ3) is 3.34. The highest BCUT2D eigenvalue weighted by Gasteiger charge is 2.00. The zero-order valence-electron chi connectivity index (χ0n) is 10.0. The molecule has 4 nitrogen and oxygen atoms in total. The van der Waals surface area contributed by atoms with Gasteiger partial charge in [-0.25, -0.2) is 0 Å². The van der Waals surface area contributed by atoms with E-state index in [1.165, 1.54) is 0 Å². The Labute approximate surface area is 114 Å². The Balaban J connectivity index is 1.94. The van der Waals surface area contributed by atoms with Crippen LogP contribution in [-0.4, -0.2) is 16.3 Å². The van der Waals surface area contributed by atoms with Crippen LogP contribution in [0.2, 0.25) is 0 Å². The Kier molecular flexibility index (Phi) is 4.00. The van der Waals surface area contributed by atoms with E-state index in [0.717, 1.165) is 28.8 Å². The molecule has 0 spiro atoms. The molecule has 0 aliphatic heterocycles. The van der Waals surface area contributed by atoms with Gasteiger partial charge in [-0.3, -0.25) is 4.68 Å². The maximum atomic E-state index is 8.88. The van der Waals surface area contributed by atoms with Gasteiger partial charge in [-0.1, -0.05) is 15.9 Å². The van der Waals surface area contributed by atoms with E-state index < -0.39 is 0 Å². The van der Waals surface area contributed by atoms with Gasteiger partial charge in [0.15, 0.2) is 0 Å². The van der Waals surface area contributed by atoms with E-state index in [4.69, 9.17) is 5.26 Å². The second-order valence-electron chi connectivity index (χ2n) is 4.00. The number of nitrogens with zero attached hydrogens (tertiary/aromatic N) is 3. The summed E-state index contributed by atoms with van der Waals surface area (Å²) < 4.78 is 2.70. The summed E-state index contributed by atoms with van der Waals surface area (Å²) >= 11 is 3.39. The van der Waals surface area contributed by atoms with Crippen LogP contribution >= 0.6 is 15.9 Å². The van der Waals surface area contributed by atoms with Crippen LogP contribution in [0.3, 0.4) is 0 Å². The fourth-order valence-corrected chi connectivity index (χ4v) is 2.18. The Hall–Kier alpha value is -1.80. The Morgan fingerprint density at radius 2 is 2.28 bits per heavy atom. The number of halogens is 1. The minimum atomic E-state index is 0.643. The maximum absolute atomic E-state index is 8.88. The minimum absolute atomic E-state index is 0.643.